The largest absolute Gasteiger partial charge is 0.481 e. The maximum atomic E-state index is 14.6. The lowest BCUT2D eigenvalue weighted by molar-refractivity contribution is -0.113. The minimum Gasteiger partial charge on any atom is -0.481 e. The number of halogens is 3. The zero-order valence-electron chi connectivity index (χ0n) is 20.1. The van der Waals surface area contributed by atoms with Crippen molar-refractivity contribution < 1.29 is 19.0 Å². The van der Waals surface area contributed by atoms with Crippen molar-refractivity contribution in [2.24, 2.45) is 0 Å². The van der Waals surface area contributed by atoms with Crippen molar-refractivity contribution in [1.82, 2.24) is 25.2 Å². The Kier molecular flexibility index (Phi) is 10.3. The number of aliphatic hydroxyl groups excluding tert-OH is 1. The number of β-amino-alcohol motifs (C(OH)–C–C–N with tert-alkyl or cyclic N) is 1. The van der Waals surface area contributed by atoms with E-state index in [-0.39, 0.29) is 42.6 Å². The van der Waals surface area contributed by atoms with Gasteiger partial charge in [0.1, 0.15) is 11.6 Å². The molecule has 1 saturated heterocycles. The lowest BCUT2D eigenvalue weighted by atomic mass is 10.0. The molecule has 5 heterocycles. The molecule has 1 fully saturated rings. The molecule has 0 spiro atoms. The number of thioether (sulfide) groups is 1. The highest BCUT2D eigenvalue weighted by Gasteiger charge is 2.28. The Bertz CT molecular complexity index is 1260. The molecule has 200 valence electrons. The van der Waals surface area contributed by atoms with Gasteiger partial charge in [0, 0.05) is 37.3 Å². The molecule has 2 aliphatic heterocycles. The van der Waals surface area contributed by atoms with Crippen LogP contribution in [0.4, 0.5) is 10.2 Å². The Labute approximate surface area is 230 Å². The Balaban J connectivity index is 0.00000190. The number of fused-ring (bicyclic) bond motifs is 2. The van der Waals surface area contributed by atoms with Crippen LogP contribution < -0.4 is 15.4 Å². The number of carbonyl (C=O) groups excluding carboxylic acids is 1. The highest BCUT2D eigenvalue weighted by Crippen LogP contribution is 2.29. The second-order valence-electron chi connectivity index (χ2n) is 8.69. The molecule has 9 nitrogen and oxygen atoms in total. The molecule has 0 unspecified atom stereocenters. The maximum Gasteiger partial charge on any atom is 0.235 e. The normalized spacial score (nSPS) is 19.4. The summed E-state index contributed by atoms with van der Waals surface area (Å²) in [6.45, 7) is 2.36. The Morgan fingerprint density at radius 1 is 1.27 bits per heavy atom. The fraction of sp³-hybridized carbons (Fsp3) is 0.417. The third kappa shape index (κ3) is 6.78. The summed E-state index contributed by atoms with van der Waals surface area (Å²) < 4.78 is 19.8. The average molecular weight is 572 g/mol. The zero-order valence-corrected chi connectivity index (χ0v) is 22.6. The first kappa shape index (κ1) is 29.3. The van der Waals surface area contributed by atoms with Gasteiger partial charge in [-0.25, -0.2) is 14.4 Å². The quantitative estimate of drug-likeness (QED) is 0.394. The summed E-state index contributed by atoms with van der Waals surface area (Å²) in [5.74, 6) is 0.998. The minimum absolute atomic E-state index is 0. The molecular weight excluding hydrogens is 542 g/mol. The SMILES string of the molecule is COc1ccc2ncc(F)c(CCN3CC[C@@H](NCc4ccc5c(n4)NC(=O)CS5)[C@@H](O)C3)c2n1.Cl.Cl. The number of hydrogen-bond acceptors (Lipinski definition) is 9. The summed E-state index contributed by atoms with van der Waals surface area (Å²) in [4.78, 5) is 27.8. The fourth-order valence-electron chi connectivity index (χ4n) is 4.48. The molecule has 5 rings (SSSR count). The Morgan fingerprint density at radius 3 is 2.89 bits per heavy atom. The average Bonchev–Trinajstić information content (AvgIpc) is 2.87. The van der Waals surface area contributed by atoms with Gasteiger partial charge >= 0.3 is 0 Å². The van der Waals surface area contributed by atoms with Gasteiger partial charge in [-0.05, 0) is 37.6 Å². The van der Waals surface area contributed by atoms with E-state index in [1.165, 1.54) is 25.1 Å². The van der Waals surface area contributed by atoms with Crippen molar-refractivity contribution in [1.29, 1.82) is 0 Å². The molecule has 3 N–H and O–H groups in total. The second-order valence-corrected chi connectivity index (χ2v) is 9.70. The predicted molar refractivity (Wildman–Crippen MR) is 146 cm³/mol. The topological polar surface area (TPSA) is 112 Å². The van der Waals surface area contributed by atoms with Gasteiger partial charge in [-0.1, -0.05) is 0 Å². The molecule has 2 atom stereocenters. The van der Waals surface area contributed by atoms with Crippen LogP contribution in [-0.2, 0) is 17.8 Å². The van der Waals surface area contributed by atoms with Gasteiger partial charge in [0.15, 0.2) is 0 Å². The number of likely N-dealkylation sites (tertiary alicyclic amines) is 1. The van der Waals surface area contributed by atoms with E-state index in [2.05, 4.69) is 30.5 Å². The maximum absolute atomic E-state index is 14.6. The van der Waals surface area contributed by atoms with Crippen LogP contribution in [-0.4, -0.2) is 75.5 Å². The predicted octanol–water partition coefficient (Wildman–Crippen LogP) is 2.83. The molecule has 0 bridgehead atoms. The van der Waals surface area contributed by atoms with Gasteiger partial charge in [0.2, 0.25) is 11.8 Å². The number of anilines is 1. The number of nitrogens with one attached hydrogen (secondary N) is 2. The van der Waals surface area contributed by atoms with Crippen molar-refractivity contribution in [2.75, 3.05) is 37.8 Å². The van der Waals surface area contributed by atoms with E-state index in [0.29, 0.717) is 60.1 Å². The van der Waals surface area contributed by atoms with E-state index in [1.807, 2.05) is 12.1 Å². The first-order chi connectivity index (χ1) is 17.0. The van der Waals surface area contributed by atoms with Gasteiger partial charge in [-0.2, -0.15) is 0 Å². The molecule has 37 heavy (non-hydrogen) atoms. The number of methoxy groups -OCH3 is 1. The van der Waals surface area contributed by atoms with Crippen LogP contribution in [0, 0.1) is 5.82 Å². The Hall–Kier alpha value is -2.28. The van der Waals surface area contributed by atoms with E-state index >= 15 is 0 Å². The van der Waals surface area contributed by atoms with Crippen LogP contribution in [0.5, 0.6) is 5.88 Å². The summed E-state index contributed by atoms with van der Waals surface area (Å²) >= 11 is 1.48. The molecule has 2 aliphatic rings. The molecule has 1 amide bonds. The van der Waals surface area contributed by atoms with Gasteiger partial charge in [-0.15, -0.1) is 36.6 Å². The summed E-state index contributed by atoms with van der Waals surface area (Å²) in [6.07, 6.45) is 1.88. The molecule has 0 saturated carbocycles. The second kappa shape index (κ2) is 13.0. The number of pyridine rings is 3. The van der Waals surface area contributed by atoms with Crippen LogP contribution >= 0.6 is 36.6 Å². The first-order valence-corrected chi connectivity index (χ1v) is 12.5. The summed E-state index contributed by atoms with van der Waals surface area (Å²) in [6, 6.07) is 7.32. The molecule has 3 aromatic heterocycles. The van der Waals surface area contributed by atoms with Crippen molar-refractivity contribution in [3.8, 4) is 5.88 Å². The van der Waals surface area contributed by atoms with Gasteiger partial charge in [0.05, 0.1) is 46.8 Å². The molecule has 0 aliphatic carbocycles. The number of hydrogen-bond donors (Lipinski definition) is 3. The third-order valence-corrected chi connectivity index (χ3v) is 7.42. The molecule has 3 aromatic rings. The Morgan fingerprint density at radius 2 is 2.11 bits per heavy atom. The highest BCUT2D eigenvalue weighted by atomic mass is 35.5. The van der Waals surface area contributed by atoms with E-state index in [9.17, 15) is 14.3 Å². The fourth-order valence-corrected chi connectivity index (χ4v) is 5.23. The van der Waals surface area contributed by atoms with Crippen molar-refractivity contribution >= 4 is 59.3 Å². The van der Waals surface area contributed by atoms with Crippen LogP contribution in [0.3, 0.4) is 0 Å². The van der Waals surface area contributed by atoms with E-state index in [0.717, 1.165) is 23.6 Å². The van der Waals surface area contributed by atoms with Crippen LogP contribution in [0.2, 0.25) is 0 Å². The van der Waals surface area contributed by atoms with Gasteiger partial charge in [0.25, 0.3) is 0 Å². The van der Waals surface area contributed by atoms with Crippen LogP contribution in [0.15, 0.2) is 35.4 Å². The third-order valence-electron chi connectivity index (χ3n) is 6.37. The van der Waals surface area contributed by atoms with Gasteiger partial charge < -0.3 is 25.4 Å². The van der Waals surface area contributed by atoms with E-state index < -0.39 is 6.10 Å². The van der Waals surface area contributed by atoms with Crippen molar-refractivity contribution in [3.63, 3.8) is 0 Å². The monoisotopic (exact) mass is 570 g/mol. The highest BCUT2D eigenvalue weighted by molar-refractivity contribution is 8.00. The van der Waals surface area contributed by atoms with Gasteiger partial charge in [-0.3, -0.25) is 9.78 Å². The molecule has 13 heteroatoms. The minimum atomic E-state index is -0.561. The number of rotatable bonds is 7. The van der Waals surface area contributed by atoms with E-state index in [4.69, 9.17) is 4.74 Å². The number of aliphatic hydroxyl groups is 1. The number of carbonyl (C=O) groups is 1. The van der Waals surface area contributed by atoms with Crippen LogP contribution in [0.25, 0.3) is 11.0 Å². The molecule has 0 radical (unpaired) electrons. The summed E-state index contributed by atoms with van der Waals surface area (Å²) in [7, 11) is 1.53. The lowest BCUT2D eigenvalue weighted by Gasteiger charge is -2.36. The number of amides is 1. The zero-order chi connectivity index (χ0) is 24.4. The van der Waals surface area contributed by atoms with E-state index in [1.54, 1.807) is 12.1 Å². The van der Waals surface area contributed by atoms with Crippen LogP contribution in [0.1, 0.15) is 17.7 Å². The standard InChI is InChI=1S/C24H27FN6O3S.2ClH/c1-34-22-5-3-18-23(30-22)15(16(25)11-27-18)6-8-31-9-7-17(19(32)12-31)26-10-14-2-4-20-24(28-14)29-21(33)13-35-20;;/h2-5,11,17,19,26,32H,6-10,12-13H2,1H3,(H,28,29,33);2*1H/t17-,19+;;/m1../s1. The molecule has 0 aromatic carbocycles. The number of piperidine rings is 1. The van der Waals surface area contributed by atoms with Crippen molar-refractivity contribution in [3.05, 3.63) is 47.5 Å². The number of nitrogens with zero attached hydrogens (tertiary/aromatic N) is 4. The number of aromatic nitrogens is 3. The lowest BCUT2D eigenvalue weighted by Crippen LogP contribution is -2.52. The number of ether oxygens (including phenoxy) is 1. The summed E-state index contributed by atoms with van der Waals surface area (Å²) in [5, 5.41) is 16.9. The molecular formula is C24H29Cl2FN6O3S. The smallest absolute Gasteiger partial charge is 0.235 e. The van der Waals surface area contributed by atoms with Crippen molar-refractivity contribution in [2.45, 2.75) is 36.4 Å². The summed E-state index contributed by atoms with van der Waals surface area (Å²) in [5.41, 5.74) is 2.45. The first-order valence-electron chi connectivity index (χ1n) is 11.5.